The van der Waals surface area contributed by atoms with Crippen molar-refractivity contribution < 1.29 is 9.72 Å². The Labute approximate surface area is 165 Å². The van der Waals surface area contributed by atoms with Crippen LogP contribution in [0.1, 0.15) is 26.3 Å². The molecule has 1 aliphatic heterocycles. The van der Waals surface area contributed by atoms with Crippen molar-refractivity contribution in [2.45, 2.75) is 26.2 Å². The number of nitrogens with one attached hydrogen (secondary N) is 1. The van der Waals surface area contributed by atoms with Crippen LogP contribution in [-0.2, 0) is 5.41 Å². The number of hydrogen-bond acceptors (Lipinski definition) is 4. The smallest absolute Gasteiger partial charge is 0.321 e. The summed E-state index contributed by atoms with van der Waals surface area (Å²) in [7, 11) is 0. The molecule has 0 unspecified atom stereocenters. The summed E-state index contributed by atoms with van der Waals surface area (Å²) in [4.78, 5) is 26.8. The van der Waals surface area contributed by atoms with Gasteiger partial charge in [-0.2, -0.15) is 0 Å². The van der Waals surface area contributed by atoms with Crippen molar-refractivity contribution in [3.05, 3.63) is 64.2 Å². The van der Waals surface area contributed by atoms with Gasteiger partial charge in [0.1, 0.15) is 0 Å². The Hall–Kier alpha value is -3.09. The van der Waals surface area contributed by atoms with Crippen LogP contribution in [0, 0.1) is 10.1 Å². The molecule has 7 nitrogen and oxygen atoms in total. The first kappa shape index (κ1) is 19.7. The van der Waals surface area contributed by atoms with Gasteiger partial charge in [0.15, 0.2) is 0 Å². The molecule has 1 heterocycles. The van der Waals surface area contributed by atoms with E-state index >= 15 is 0 Å². The molecule has 3 rings (SSSR count). The molecule has 1 fully saturated rings. The Morgan fingerprint density at radius 1 is 0.964 bits per heavy atom. The second-order valence-electron chi connectivity index (χ2n) is 8.01. The van der Waals surface area contributed by atoms with E-state index in [0.717, 1.165) is 11.4 Å². The van der Waals surface area contributed by atoms with Crippen molar-refractivity contribution in [1.82, 2.24) is 4.90 Å². The lowest BCUT2D eigenvalue weighted by Gasteiger charge is -2.36. The minimum atomic E-state index is -0.403. The molecule has 2 aromatic carbocycles. The molecule has 148 valence electrons. The first-order valence-electron chi connectivity index (χ1n) is 9.40. The maximum absolute atomic E-state index is 12.5. The van der Waals surface area contributed by atoms with E-state index in [9.17, 15) is 14.9 Å². The van der Waals surface area contributed by atoms with Gasteiger partial charge in [0.05, 0.1) is 4.92 Å². The number of amides is 2. The average molecular weight is 382 g/mol. The van der Waals surface area contributed by atoms with Gasteiger partial charge in [-0.3, -0.25) is 10.1 Å². The van der Waals surface area contributed by atoms with E-state index in [-0.39, 0.29) is 17.1 Å². The van der Waals surface area contributed by atoms with Crippen LogP contribution in [0.25, 0.3) is 0 Å². The van der Waals surface area contributed by atoms with E-state index in [2.05, 4.69) is 31.0 Å². The maximum atomic E-state index is 12.5. The molecule has 2 amide bonds. The first-order valence-corrected chi connectivity index (χ1v) is 9.40. The SMILES string of the molecule is CC(C)(C)c1ccc(NC(=O)N2CCN(c3ccc([N+](=O)[O-])cc3)CC2)cc1. The lowest BCUT2D eigenvalue weighted by atomic mass is 9.87. The van der Waals surface area contributed by atoms with Crippen molar-refractivity contribution in [1.29, 1.82) is 0 Å². The molecule has 0 spiro atoms. The number of nitro groups is 1. The zero-order chi connectivity index (χ0) is 20.3. The minimum absolute atomic E-state index is 0.0801. The molecule has 1 N–H and O–H groups in total. The highest BCUT2D eigenvalue weighted by Gasteiger charge is 2.22. The molecule has 28 heavy (non-hydrogen) atoms. The molecule has 0 radical (unpaired) electrons. The number of urea groups is 1. The zero-order valence-electron chi connectivity index (χ0n) is 16.5. The number of non-ortho nitro benzene ring substituents is 1. The Morgan fingerprint density at radius 2 is 1.54 bits per heavy atom. The molecule has 7 heteroatoms. The van der Waals surface area contributed by atoms with Crippen LogP contribution in [0.2, 0.25) is 0 Å². The third kappa shape index (κ3) is 4.60. The number of benzene rings is 2. The van der Waals surface area contributed by atoms with E-state index in [0.29, 0.717) is 26.2 Å². The van der Waals surface area contributed by atoms with Crippen LogP contribution in [0.3, 0.4) is 0 Å². The molecule has 1 saturated heterocycles. The van der Waals surface area contributed by atoms with Gasteiger partial charge in [0.25, 0.3) is 5.69 Å². The molecule has 0 saturated carbocycles. The fourth-order valence-electron chi connectivity index (χ4n) is 3.21. The quantitative estimate of drug-likeness (QED) is 0.636. The Balaban J connectivity index is 1.54. The summed E-state index contributed by atoms with van der Waals surface area (Å²) in [5.41, 5.74) is 3.11. The average Bonchev–Trinajstić information content (AvgIpc) is 2.68. The van der Waals surface area contributed by atoms with Crippen LogP contribution < -0.4 is 10.2 Å². The van der Waals surface area contributed by atoms with Gasteiger partial charge in [0.2, 0.25) is 0 Å². The molecule has 0 aliphatic carbocycles. The second-order valence-corrected chi connectivity index (χ2v) is 8.01. The number of hydrogen-bond donors (Lipinski definition) is 1. The zero-order valence-corrected chi connectivity index (χ0v) is 16.5. The van der Waals surface area contributed by atoms with Gasteiger partial charge in [-0.15, -0.1) is 0 Å². The first-order chi connectivity index (χ1) is 13.2. The van der Waals surface area contributed by atoms with Crippen LogP contribution in [0.4, 0.5) is 21.9 Å². The van der Waals surface area contributed by atoms with Crippen LogP contribution in [0.15, 0.2) is 48.5 Å². The van der Waals surface area contributed by atoms with E-state index in [1.807, 2.05) is 24.3 Å². The topological polar surface area (TPSA) is 78.7 Å². The van der Waals surface area contributed by atoms with Crippen LogP contribution in [0.5, 0.6) is 0 Å². The fraction of sp³-hybridized carbons (Fsp3) is 0.381. The monoisotopic (exact) mass is 382 g/mol. The van der Waals surface area contributed by atoms with Gasteiger partial charge < -0.3 is 15.1 Å². The standard InChI is InChI=1S/C21H26N4O3/c1-21(2,3)16-4-6-17(7-5-16)22-20(26)24-14-12-23(13-15-24)18-8-10-19(11-9-18)25(27)28/h4-11H,12-15H2,1-3H3,(H,22,26). The largest absolute Gasteiger partial charge is 0.368 e. The summed E-state index contributed by atoms with van der Waals surface area (Å²) < 4.78 is 0. The number of nitro benzene ring substituents is 1. The predicted molar refractivity (Wildman–Crippen MR) is 111 cm³/mol. The molecule has 0 aromatic heterocycles. The third-order valence-corrected chi connectivity index (χ3v) is 4.99. The summed E-state index contributed by atoms with van der Waals surface area (Å²) in [6.45, 7) is 9.05. The Morgan fingerprint density at radius 3 is 2.04 bits per heavy atom. The van der Waals surface area contributed by atoms with Crippen molar-refractivity contribution in [3.63, 3.8) is 0 Å². The van der Waals surface area contributed by atoms with Gasteiger partial charge in [-0.25, -0.2) is 4.79 Å². The van der Waals surface area contributed by atoms with Crippen molar-refractivity contribution in [2.75, 3.05) is 36.4 Å². The van der Waals surface area contributed by atoms with E-state index in [1.165, 1.54) is 17.7 Å². The van der Waals surface area contributed by atoms with E-state index in [1.54, 1.807) is 17.0 Å². The maximum Gasteiger partial charge on any atom is 0.321 e. The van der Waals surface area contributed by atoms with E-state index < -0.39 is 4.92 Å². The van der Waals surface area contributed by atoms with Crippen LogP contribution in [-0.4, -0.2) is 42.0 Å². The summed E-state index contributed by atoms with van der Waals surface area (Å²) >= 11 is 0. The number of carbonyl (C=O) groups excluding carboxylic acids is 1. The molecule has 1 aliphatic rings. The highest BCUT2D eigenvalue weighted by Crippen LogP contribution is 2.24. The fourth-order valence-corrected chi connectivity index (χ4v) is 3.21. The Kier molecular flexibility index (Phi) is 5.53. The number of anilines is 2. The van der Waals surface area contributed by atoms with E-state index in [4.69, 9.17) is 0 Å². The molecule has 0 bridgehead atoms. The Bertz CT molecular complexity index is 833. The van der Waals surface area contributed by atoms with Gasteiger partial charge in [-0.1, -0.05) is 32.9 Å². The summed E-state index contributed by atoms with van der Waals surface area (Å²) in [6, 6.07) is 14.4. The lowest BCUT2D eigenvalue weighted by molar-refractivity contribution is -0.384. The normalized spacial score (nSPS) is 14.7. The summed E-state index contributed by atoms with van der Waals surface area (Å²) in [6.07, 6.45) is 0. The van der Waals surface area contributed by atoms with Gasteiger partial charge >= 0.3 is 6.03 Å². The number of piperazine rings is 1. The van der Waals surface area contributed by atoms with Crippen LogP contribution >= 0.6 is 0 Å². The lowest BCUT2D eigenvalue weighted by Crippen LogP contribution is -2.50. The number of nitrogens with zero attached hydrogens (tertiary/aromatic N) is 3. The van der Waals surface area contributed by atoms with Crippen molar-refractivity contribution >= 4 is 23.1 Å². The second kappa shape index (κ2) is 7.88. The summed E-state index contributed by atoms with van der Waals surface area (Å²) in [5, 5.41) is 13.7. The highest BCUT2D eigenvalue weighted by atomic mass is 16.6. The predicted octanol–water partition coefficient (Wildman–Crippen LogP) is 4.25. The number of carbonyl (C=O) groups is 1. The molecular formula is C21H26N4O3. The minimum Gasteiger partial charge on any atom is -0.368 e. The molecule has 0 atom stereocenters. The molecular weight excluding hydrogens is 356 g/mol. The third-order valence-electron chi connectivity index (χ3n) is 4.99. The number of rotatable bonds is 3. The highest BCUT2D eigenvalue weighted by molar-refractivity contribution is 5.89. The van der Waals surface area contributed by atoms with Gasteiger partial charge in [-0.05, 0) is 35.2 Å². The molecule has 2 aromatic rings. The van der Waals surface area contributed by atoms with Crippen molar-refractivity contribution in [2.24, 2.45) is 0 Å². The van der Waals surface area contributed by atoms with Crippen molar-refractivity contribution in [3.8, 4) is 0 Å². The summed E-state index contributed by atoms with van der Waals surface area (Å²) in [5.74, 6) is 0. The van der Waals surface area contributed by atoms with Gasteiger partial charge in [0, 0.05) is 49.7 Å².